The Kier molecular flexibility index (Phi) is 7.44. The lowest BCUT2D eigenvalue weighted by Crippen LogP contribution is -2.31. The summed E-state index contributed by atoms with van der Waals surface area (Å²) in [6, 6.07) is 11.3. The van der Waals surface area contributed by atoms with E-state index in [0.29, 0.717) is 12.5 Å². The normalized spacial score (nSPS) is 21.1. The zero-order valence-electron chi connectivity index (χ0n) is 13.5. The van der Waals surface area contributed by atoms with Crippen LogP contribution < -0.4 is 5.32 Å². The Balaban J connectivity index is 1.60. The first kappa shape index (κ1) is 17.0. The number of aliphatic carboxylic acids is 1. The molecule has 1 fully saturated rings. The van der Waals surface area contributed by atoms with Crippen LogP contribution in [0.1, 0.15) is 63.4 Å². The smallest absolute Gasteiger partial charge is 0.303 e. The molecule has 0 radical (unpaired) electrons. The Morgan fingerprint density at radius 1 is 1.09 bits per heavy atom. The van der Waals surface area contributed by atoms with Gasteiger partial charge >= 0.3 is 5.97 Å². The number of hydrogen-bond donors (Lipinski definition) is 2. The average Bonchev–Trinajstić information content (AvgIpc) is 2.97. The van der Waals surface area contributed by atoms with Gasteiger partial charge in [-0.2, -0.15) is 0 Å². The molecule has 22 heavy (non-hydrogen) atoms. The molecule has 1 aromatic carbocycles. The minimum Gasteiger partial charge on any atom is -0.481 e. The zero-order chi connectivity index (χ0) is 15.6. The summed E-state index contributed by atoms with van der Waals surface area (Å²) in [7, 11) is 0. The molecular weight excluding hydrogens is 274 g/mol. The summed E-state index contributed by atoms with van der Waals surface area (Å²) in [5.41, 5.74) is 1.36. The van der Waals surface area contributed by atoms with Crippen LogP contribution in [-0.2, 0) is 11.3 Å². The molecule has 0 aliphatic heterocycles. The van der Waals surface area contributed by atoms with Gasteiger partial charge in [-0.25, -0.2) is 0 Å². The number of unbranched alkanes of at least 4 members (excludes halogenated alkanes) is 3. The minimum absolute atomic E-state index is 0.324. The molecule has 0 unspecified atom stereocenters. The van der Waals surface area contributed by atoms with Crippen molar-refractivity contribution in [1.29, 1.82) is 0 Å². The van der Waals surface area contributed by atoms with Crippen LogP contribution in [0.15, 0.2) is 30.3 Å². The number of hydrogen-bond acceptors (Lipinski definition) is 2. The third kappa shape index (κ3) is 6.18. The maximum Gasteiger partial charge on any atom is 0.303 e. The van der Waals surface area contributed by atoms with Gasteiger partial charge in [0, 0.05) is 19.0 Å². The molecule has 1 aliphatic rings. The molecule has 2 atom stereocenters. The van der Waals surface area contributed by atoms with Crippen LogP contribution in [0.4, 0.5) is 0 Å². The molecule has 1 saturated carbocycles. The lowest BCUT2D eigenvalue weighted by Gasteiger charge is -2.21. The minimum atomic E-state index is -0.666. The largest absolute Gasteiger partial charge is 0.481 e. The summed E-state index contributed by atoms with van der Waals surface area (Å²) in [5, 5.41) is 12.4. The molecule has 2 rings (SSSR count). The molecule has 0 bridgehead atoms. The summed E-state index contributed by atoms with van der Waals surface area (Å²) >= 11 is 0. The van der Waals surface area contributed by atoms with Crippen LogP contribution in [0, 0.1) is 5.92 Å². The van der Waals surface area contributed by atoms with E-state index in [1.807, 2.05) is 0 Å². The first-order valence-electron chi connectivity index (χ1n) is 8.75. The van der Waals surface area contributed by atoms with Crippen molar-refractivity contribution in [2.45, 2.75) is 70.4 Å². The molecule has 0 saturated heterocycles. The van der Waals surface area contributed by atoms with Crippen molar-refractivity contribution in [2.75, 3.05) is 0 Å². The van der Waals surface area contributed by atoms with Gasteiger partial charge in [-0.3, -0.25) is 4.79 Å². The highest BCUT2D eigenvalue weighted by molar-refractivity contribution is 5.66. The Morgan fingerprint density at radius 3 is 2.64 bits per heavy atom. The summed E-state index contributed by atoms with van der Waals surface area (Å²) < 4.78 is 0. The van der Waals surface area contributed by atoms with Gasteiger partial charge < -0.3 is 10.4 Å². The van der Waals surface area contributed by atoms with Crippen molar-refractivity contribution < 1.29 is 9.90 Å². The third-order valence-electron chi connectivity index (χ3n) is 4.79. The number of rotatable bonds is 10. The summed E-state index contributed by atoms with van der Waals surface area (Å²) in [4.78, 5) is 10.5. The maximum absolute atomic E-state index is 10.5. The second-order valence-electron chi connectivity index (χ2n) is 6.51. The van der Waals surface area contributed by atoms with Gasteiger partial charge in [-0.1, -0.05) is 56.0 Å². The van der Waals surface area contributed by atoms with Crippen molar-refractivity contribution in [1.82, 2.24) is 5.32 Å². The number of carboxylic acids is 1. The summed E-state index contributed by atoms with van der Waals surface area (Å²) in [5.74, 6) is 0.143. The summed E-state index contributed by atoms with van der Waals surface area (Å²) in [6.45, 7) is 0.973. The van der Waals surface area contributed by atoms with E-state index in [2.05, 4.69) is 35.6 Å². The van der Waals surface area contributed by atoms with Crippen LogP contribution in [-0.4, -0.2) is 17.1 Å². The Hall–Kier alpha value is -1.35. The molecule has 1 aliphatic carbocycles. The molecule has 0 amide bonds. The van der Waals surface area contributed by atoms with Crippen molar-refractivity contribution in [3.05, 3.63) is 35.9 Å². The van der Waals surface area contributed by atoms with Crippen molar-refractivity contribution in [3.63, 3.8) is 0 Å². The predicted molar refractivity (Wildman–Crippen MR) is 89.7 cm³/mol. The molecule has 3 nitrogen and oxygen atoms in total. The van der Waals surface area contributed by atoms with E-state index < -0.39 is 5.97 Å². The zero-order valence-corrected chi connectivity index (χ0v) is 13.5. The molecule has 0 heterocycles. The van der Waals surface area contributed by atoms with Gasteiger partial charge in [0.1, 0.15) is 0 Å². The second-order valence-corrected chi connectivity index (χ2v) is 6.51. The molecule has 3 heteroatoms. The van der Waals surface area contributed by atoms with E-state index in [-0.39, 0.29) is 0 Å². The molecule has 122 valence electrons. The van der Waals surface area contributed by atoms with Crippen LogP contribution in [0.5, 0.6) is 0 Å². The third-order valence-corrected chi connectivity index (χ3v) is 4.79. The van der Waals surface area contributed by atoms with Crippen LogP contribution in [0.25, 0.3) is 0 Å². The van der Waals surface area contributed by atoms with Gasteiger partial charge in [0.15, 0.2) is 0 Å². The molecule has 2 N–H and O–H groups in total. The fourth-order valence-electron chi connectivity index (χ4n) is 3.53. The SMILES string of the molecule is O=C(O)CCCCCC[C@H]1CCC[C@H]1NCc1ccccc1. The summed E-state index contributed by atoms with van der Waals surface area (Å²) in [6.07, 6.45) is 9.91. The number of carboxylic acid groups (broad SMARTS) is 1. The number of carbonyl (C=O) groups is 1. The number of benzene rings is 1. The predicted octanol–water partition coefficient (Wildman–Crippen LogP) is 4.37. The fraction of sp³-hybridized carbons (Fsp3) is 0.632. The van der Waals surface area contributed by atoms with E-state index in [1.165, 1.54) is 44.1 Å². The Labute approximate surface area is 134 Å². The van der Waals surface area contributed by atoms with E-state index in [4.69, 9.17) is 5.11 Å². The van der Waals surface area contributed by atoms with Crippen molar-refractivity contribution in [2.24, 2.45) is 5.92 Å². The first-order chi connectivity index (χ1) is 10.8. The highest BCUT2D eigenvalue weighted by Crippen LogP contribution is 2.30. The van der Waals surface area contributed by atoms with Crippen molar-refractivity contribution >= 4 is 5.97 Å². The van der Waals surface area contributed by atoms with E-state index >= 15 is 0 Å². The first-order valence-corrected chi connectivity index (χ1v) is 8.75. The highest BCUT2D eigenvalue weighted by atomic mass is 16.4. The standard InChI is InChI=1S/C19H29NO2/c21-19(22)14-7-2-1-6-11-17-12-8-13-18(17)20-15-16-9-4-3-5-10-16/h3-5,9-10,17-18,20H,1-2,6-8,11-15H2,(H,21,22)/t17-,18+/m0/s1. The lowest BCUT2D eigenvalue weighted by molar-refractivity contribution is -0.137. The highest BCUT2D eigenvalue weighted by Gasteiger charge is 2.25. The lowest BCUT2D eigenvalue weighted by atomic mass is 9.95. The fourth-order valence-corrected chi connectivity index (χ4v) is 3.53. The Bertz CT molecular complexity index is 432. The van der Waals surface area contributed by atoms with Gasteiger partial charge in [0.2, 0.25) is 0 Å². The molecular formula is C19H29NO2. The monoisotopic (exact) mass is 303 g/mol. The number of nitrogens with one attached hydrogen (secondary N) is 1. The van der Waals surface area contributed by atoms with E-state index in [9.17, 15) is 4.79 Å². The van der Waals surface area contributed by atoms with Gasteiger partial charge in [-0.05, 0) is 37.2 Å². The van der Waals surface area contributed by atoms with E-state index in [0.717, 1.165) is 25.3 Å². The van der Waals surface area contributed by atoms with Crippen molar-refractivity contribution in [3.8, 4) is 0 Å². The maximum atomic E-state index is 10.5. The second kappa shape index (κ2) is 9.62. The average molecular weight is 303 g/mol. The Morgan fingerprint density at radius 2 is 1.86 bits per heavy atom. The molecule has 1 aromatic rings. The molecule has 0 spiro atoms. The van der Waals surface area contributed by atoms with Crippen LogP contribution in [0.2, 0.25) is 0 Å². The van der Waals surface area contributed by atoms with Crippen LogP contribution >= 0.6 is 0 Å². The van der Waals surface area contributed by atoms with Gasteiger partial charge in [0.05, 0.1) is 0 Å². The topological polar surface area (TPSA) is 49.3 Å². The van der Waals surface area contributed by atoms with Gasteiger partial charge in [0.25, 0.3) is 0 Å². The van der Waals surface area contributed by atoms with Gasteiger partial charge in [-0.15, -0.1) is 0 Å². The van der Waals surface area contributed by atoms with E-state index in [1.54, 1.807) is 0 Å². The quantitative estimate of drug-likeness (QED) is 0.631. The molecule has 0 aromatic heterocycles. The van der Waals surface area contributed by atoms with Crippen LogP contribution in [0.3, 0.4) is 0 Å².